The summed E-state index contributed by atoms with van der Waals surface area (Å²) in [6.07, 6.45) is 0.232. The van der Waals surface area contributed by atoms with Crippen LogP contribution < -0.4 is 5.73 Å². The molecule has 4 aliphatic rings. The van der Waals surface area contributed by atoms with Crippen molar-refractivity contribution in [3.63, 3.8) is 0 Å². The number of hydrogen-bond acceptors (Lipinski definition) is 10. The summed E-state index contributed by atoms with van der Waals surface area (Å²) < 4.78 is 0. The number of phenols is 1. The van der Waals surface area contributed by atoms with Crippen molar-refractivity contribution in [2.24, 2.45) is 29.4 Å². The molecule has 1 saturated heterocycles. The molecular weight excluding hydrogens is 568 g/mol. The highest BCUT2D eigenvalue weighted by atomic mass is 16.3. The van der Waals surface area contributed by atoms with E-state index >= 15 is 0 Å². The largest absolute Gasteiger partial charge is 0.507 e. The molecule has 3 aliphatic carbocycles. The Morgan fingerprint density at radius 2 is 1.73 bits per heavy atom. The minimum atomic E-state index is -2.75. The second-order valence-electron chi connectivity index (χ2n) is 12.9. The van der Waals surface area contributed by atoms with Crippen molar-refractivity contribution < 1.29 is 39.0 Å². The number of likely N-dealkylation sites (N-methyl/N-ethyl adjacent to an activating group) is 1. The predicted octanol–water partition coefficient (Wildman–Crippen LogP) is -0.316. The zero-order valence-electron chi connectivity index (χ0n) is 24.9. The summed E-state index contributed by atoms with van der Waals surface area (Å²) >= 11 is 0. The van der Waals surface area contributed by atoms with Crippen molar-refractivity contribution in [1.82, 2.24) is 14.7 Å². The van der Waals surface area contributed by atoms with Crippen molar-refractivity contribution >= 4 is 45.7 Å². The van der Waals surface area contributed by atoms with Gasteiger partial charge in [-0.25, -0.2) is 0 Å². The molecule has 6 rings (SSSR count). The Morgan fingerprint density at radius 1 is 1.05 bits per heavy atom. The van der Waals surface area contributed by atoms with E-state index in [9.17, 15) is 39.0 Å². The number of carbonyl (C=O) groups excluding carboxylic acids is 6. The van der Waals surface area contributed by atoms with Gasteiger partial charge in [0.1, 0.15) is 5.75 Å². The lowest BCUT2D eigenvalue weighted by molar-refractivity contribution is -0.181. The molecule has 0 radical (unpaired) electrons. The van der Waals surface area contributed by atoms with E-state index in [1.54, 1.807) is 25.9 Å². The first-order valence-corrected chi connectivity index (χ1v) is 14.9. The lowest BCUT2D eigenvalue weighted by Crippen LogP contribution is -2.74. The van der Waals surface area contributed by atoms with Gasteiger partial charge in [0.25, 0.3) is 0 Å². The van der Waals surface area contributed by atoms with Crippen LogP contribution in [0.2, 0.25) is 0 Å². The van der Waals surface area contributed by atoms with Gasteiger partial charge in [0, 0.05) is 51.0 Å². The van der Waals surface area contributed by atoms with Gasteiger partial charge in [0.2, 0.25) is 11.8 Å². The van der Waals surface area contributed by atoms with Crippen LogP contribution in [0.25, 0.3) is 10.8 Å². The number of primary amides is 1. The number of fused-ring (bicyclic) bond motifs is 4. The molecule has 1 heterocycles. The molecule has 232 valence electrons. The molecule has 12 heteroatoms. The molecule has 0 bridgehead atoms. The van der Waals surface area contributed by atoms with Gasteiger partial charge >= 0.3 is 0 Å². The first kappa shape index (κ1) is 30.0. The molecule has 6 atom stereocenters. The molecule has 12 nitrogen and oxygen atoms in total. The van der Waals surface area contributed by atoms with E-state index in [2.05, 4.69) is 4.90 Å². The van der Waals surface area contributed by atoms with Crippen LogP contribution in [-0.2, 0) is 36.9 Å². The number of phenolic OH excluding ortho intramolecular Hbond substituents is 1. The molecular formula is C32H36N4O8. The molecule has 0 spiro atoms. The zero-order chi connectivity index (χ0) is 31.8. The molecule has 4 N–H and O–H groups in total. The highest BCUT2D eigenvalue weighted by Crippen LogP contribution is 2.51. The molecule has 1 aliphatic heterocycles. The van der Waals surface area contributed by atoms with Crippen molar-refractivity contribution in [3.05, 3.63) is 41.0 Å². The number of carbonyl (C=O) groups is 6. The molecule has 2 saturated carbocycles. The van der Waals surface area contributed by atoms with E-state index in [-0.39, 0.29) is 30.1 Å². The van der Waals surface area contributed by atoms with E-state index in [1.165, 1.54) is 4.90 Å². The van der Waals surface area contributed by atoms with Crippen molar-refractivity contribution in [1.29, 1.82) is 0 Å². The summed E-state index contributed by atoms with van der Waals surface area (Å²) in [6, 6.07) is 6.33. The fourth-order valence-electron chi connectivity index (χ4n) is 8.00. The lowest BCUT2D eigenvalue weighted by atomic mass is 9.52. The Kier molecular flexibility index (Phi) is 7.22. The highest BCUT2D eigenvalue weighted by molar-refractivity contribution is 6.32. The second-order valence-corrected chi connectivity index (χ2v) is 12.9. The summed E-state index contributed by atoms with van der Waals surface area (Å²) in [5.74, 6) is -10.5. The monoisotopic (exact) mass is 604 g/mol. The third kappa shape index (κ3) is 4.38. The van der Waals surface area contributed by atoms with Crippen LogP contribution in [0.3, 0.4) is 0 Å². The van der Waals surface area contributed by atoms with Crippen molar-refractivity contribution in [2.45, 2.75) is 38.0 Å². The smallest absolute Gasteiger partial charge is 0.235 e. The number of rotatable bonds is 4. The van der Waals surface area contributed by atoms with Crippen LogP contribution in [-0.4, -0.2) is 112 Å². The van der Waals surface area contributed by atoms with Crippen LogP contribution in [0, 0.1) is 23.7 Å². The van der Waals surface area contributed by atoms with E-state index in [1.807, 2.05) is 24.3 Å². The fourth-order valence-corrected chi connectivity index (χ4v) is 8.00. The number of benzene rings is 2. The summed E-state index contributed by atoms with van der Waals surface area (Å²) in [4.78, 5) is 84.0. The quantitative estimate of drug-likeness (QED) is 0.392. The second kappa shape index (κ2) is 10.6. The molecule has 2 unspecified atom stereocenters. The van der Waals surface area contributed by atoms with Gasteiger partial charge in [-0.2, -0.15) is 0 Å². The number of Topliss-reactive ketones (excluding diaryl/α,β-unsaturated/α-hetero) is 4. The Balaban J connectivity index is 1.35. The van der Waals surface area contributed by atoms with Crippen LogP contribution >= 0.6 is 0 Å². The third-order valence-electron chi connectivity index (χ3n) is 10.2. The number of aromatic hydroxyl groups is 1. The van der Waals surface area contributed by atoms with E-state index in [0.717, 1.165) is 10.9 Å². The number of piperazine rings is 1. The fraction of sp³-hybridized carbons (Fsp3) is 0.500. The molecule has 44 heavy (non-hydrogen) atoms. The summed E-state index contributed by atoms with van der Waals surface area (Å²) in [5, 5.41) is 24.4. The predicted molar refractivity (Wildman–Crippen MR) is 156 cm³/mol. The number of nitrogens with zero attached hydrogens (tertiary/aromatic N) is 3. The number of hydrogen-bond donors (Lipinski definition) is 3. The number of aliphatic hydroxyl groups is 1. The maximum atomic E-state index is 14.0. The number of amides is 2. The van der Waals surface area contributed by atoms with Crippen LogP contribution in [0.15, 0.2) is 24.3 Å². The van der Waals surface area contributed by atoms with E-state index in [4.69, 9.17) is 5.73 Å². The minimum Gasteiger partial charge on any atom is -0.507 e. The minimum absolute atomic E-state index is 0.0124. The van der Waals surface area contributed by atoms with Gasteiger partial charge in [-0.05, 0) is 55.4 Å². The van der Waals surface area contributed by atoms with E-state index < -0.39 is 64.4 Å². The molecule has 3 fully saturated rings. The average molecular weight is 605 g/mol. The average Bonchev–Trinajstić information content (AvgIpc) is 2.95. The maximum absolute atomic E-state index is 14.0. The zero-order valence-corrected chi connectivity index (χ0v) is 24.9. The Labute approximate surface area is 253 Å². The maximum Gasteiger partial charge on any atom is 0.235 e. The molecule has 2 aromatic rings. The van der Waals surface area contributed by atoms with E-state index in [0.29, 0.717) is 43.7 Å². The topological polar surface area (TPSA) is 179 Å². The Morgan fingerprint density at radius 3 is 2.34 bits per heavy atom. The standard InChI is InChI=1S/C32H36N4O8/c1-15(37)36-8-6-35(7-9-36)14-16-4-5-17-11-18-12-19-13-21-25(34(2)3)28(40)24(31(33)43)30(42)32(21,44)29(41)23(19)27(39)22(18)26(38)20(17)10-16/h4-5,10-11,19,21,23-25,38,44H,6-9,12-14H2,1-3H3,(H2,33,43)/t19-,21-,23?,24?,25-,32-/m0/s1. The molecule has 2 aromatic carbocycles. The van der Waals surface area contributed by atoms with Gasteiger partial charge in [-0.1, -0.05) is 18.2 Å². The first-order valence-electron chi connectivity index (χ1n) is 14.9. The summed E-state index contributed by atoms with van der Waals surface area (Å²) in [7, 11) is 3.11. The van der Waals surface area contributed by atoms with Gasteiger partial charge < -0.3 is 20.8 Å². The highest BCUT2D eigenvalue weighted by Gasteiger charge is 2.69. The third-order valence-corrected chi connectivity index (χ3v) is 10.2. The van der Waals surface area contributed by atoms with Gasteiger partial charge in [-0.3, -0.25) is 38.6 Å². The SMILES string of the molecule is CC(=O)N1CCN(Cc2ccc3cc4c(c(O)c3c2)C(=O)C2C(=O)[C@]3(O)C(=O)C(C(N)=O)C(=O)[C@@H](N(C)C)[C@@H]3C[C@@H]2C4)CC1. The van der Waals surface area contributed by atoms with Crippen LogP contribution in [0.5, 0.6) is 5.75 Å². The number of nitrogens with two attached hydrogens (primary N) is 1. The van der Waals surface area contributed by atoms with Crippen LogP contribution in [0.4, 0.5) is 0 Å². The lowest BCUT2D eigenvalue weighted by Gasteiger charge is -2.52. The first-order chi connectivity index (χ1) is 20.7. The Hall–Kier alpha value is -4.00. The molecule has 0 aromatic heterocycles. The van der Waals surface area contributed by atoms with Gasteiger partial charge in [0.05, 0.1) is 17.5 Å². The summed E-state index contributed by atoms with van der Waals surface area (Å²) in [6.45, 7) is 4.81. The number of ketones is 4. The van der Waals surface area contributed by atoms with Gasteiger partial charge in [-0.15, -0.1) is 0 Å². The Bertz CT molecular complexity index is 1640. The summed E-state index contributed by atoms with van der Waals surface area (Å²) in [5.41, 5.74) is 4.07. The van der Waals surface area contributed by atoms with Crippen molar-refractivity contribution in [2.75, 3.05) is 40.3 Å². The van der Waals surface area contributed by atoms with Crippen LogP contribution in [0.1, 0.15) is 34.8 Å². The molecule has 2 amide bonds. The normalized spacial score (nSPS) is 30.8. The van der Waals surface area contributed by atoms with Gasteiger partial charge in [0.15, 0.2) is 34.7 Å². The van der Waals surface area contributed by atoms with Crippen molar-refractivity contribution in [3.8, 4) is 5.75 Å².